The van der Waals surface area contributed by atoms with Crippen LogP contribution >= 0.6 is 11.3 Å². The lowest BCUT2D eigenvalue weighted by atomic mass is 10.2. The molecule has 6 heteroatoms. The molecule has 5 nitrogen and oxygen atoms in total. The highest BCUT2D eigenvalue weighted by Crippen LogP contribution is 2.22. The fraction of sp³-hybridized carbons (Fsp3) is 0.500. The molecule has 1 unspecified atom stereocenters. The van der Waals surface area contributed by atoms with Gasteiger partial charge in [0.15, 0.2) is 10.8 Å². The largest absolute Gasteiger partial charge is 0.464 e. The zero-order chi connectivity index (χ0) is 12.1. The van der Waals surface area contributed by atoms with Crippen molar-refractivity contribution in [3.05, 3.63) is 11.1 Å². The van der Waals surface area contributed by atoms with Crippen molar-refractivity contribution in [3.63, 3.8) is 0 Å². The van der Waals surface area contributed by atoms with Crippen LogP contribution in [0.2, 0.25) is 0 Å². The van der Waals surface area contributed by atoms with E-state index in [1.807, 2.05) is 18.9 Å². The molecule has 1 heterocycles. The molecule has 16 heavy (non-hydrogen) atoms. The van der Waals surface area contributed by atoms with Crippen molar-refractivity contribution >= 4 is 22.4 Å². The van der Waals surface area contributed by atoms with Gasteiger partial charge in [-0.05, 0) is 6.92 Å². The number of aromatic nitrogens is 1. The van der Waals surface area contributed by atoms with E-state index in [0.29, 0.717) is 17.2 Å². The van der Waals surface area contributed by atoms with Gasteiger partial charge in [-0.25, -0.2) is 9.78 Å². The molecule has 0 saturated heterocycles. The van der Waals surface area contributed by atoms with E-state index >= 15 is 0 Å². The summed E-state index contributed by atoms with van der Waals surface area (Å²) >= 11 is 1.36. The van der Waals surface area contributed by atoms with Crippen LogP contribution < -0.4 is 4.90 Å². The minimum absolute atomic E-state index is 0.0710. The van der Waals surface area contributed by atoms with Crippen molar-refractivity contribution in [3.8, 4) is 6.07 Å². The first kappa shape index (κ1) is 12.5. The van der Waals surface area contributed by atoms with Crippen molar-refractivity contribution < 1.29 is 9.53 Å². The van der Waals surface area contributed by atoms with Crippen LogP contribution in [0.5, 0.6) is 0 Å². The molecule has 0 bridgehead atoms. The van der Waals surface area contributed by atoms with Gasteiger partial charge < -0.3 is 9.64 Å². The topological polar surface area (TPSA) is 66.2 Å². The number of anilines is 1. The number of methoxy groups -OCH3 is 1. The lowest BCUT2D eigenvalue weighted by Gasteiger charge is -2.21. The first-order valence-corrected chi connectivity index (χ1v) is 5.61. The summed E-state index contributed by atoms with van der Waals surface area (Å²) in [7, 11) is 3.17. The molecule has 86 valence electrons. The van der Waals surface area contributed by atoms with Gasteiger partial charge in [-0.3, -0.25) is 0 Å². The highest BCUT2D eigenvalue weighted by Gasteiger charge is 2.16. The Labute approximate surface area is 98.3 Å². The van der Waals surface area contributed by atoms with Crippen molar-refractivity contribution in [1.29, 1.82) is 5.26 Å². The second-order valence-electron chi connectivity index (χ2n) is 3.33. The second-order valence-corrected chi connectivity index (χ2v) is 4.17. The molecule has 1 rings (SSSR count). The molecule has 0 spiro atoms. The lowest BCUT2D eigenvalue weighted by molar-refractivity contribution is 0.0595. The maximum atomic E-state index is 11.2. The fourth-order valence-corrected chi connectivity index (χ4v) is 1.95. The fourth-order valence-electron chi connectivity index (χ4n) is 1.08. The Balaban J connectivity index is 2.78. The van der Waals surface area contributed by atoms with Gasteiger partial charge in [-0.15, -0.1) is 11.3 Å². The number of hydrogen-bond donors (Lipinski definition) is 0. The van der Waals surface area contributed by atoms with Gasteiger partial charge in [0.25, 0.3) is 0 Å². The Morgan fingerprint density at radius 2 is 2.50 bits per heavy atom. The van der Waals surface area contributed by atoms with E-state index in [9.17, 15) is 4.79 Å². The Bertz CT molecular complexity index is 410. The summed E-state index contributed by atoms with van der Waals surface area (Å²) in [6, 6.07) is 2.17. The molecule has 1 aromatic heterocycles. The van der Waals surface area contributed by atoms with E-state index in [4.69, 9.17) is 5.26 Å². The molecule has 0 N–H and O–H groups in total. The van der Waals surface area contributed by atoms with Gasteiger partial charge in [-0.1, -0.05) is 0 Å². The molecule has 0 aliphatic rings. The van der Waals surface area contributed by atoms with Crippen molar-refractivity contribution in [2.75, 3.05) is 19.1 Å². The van der Waals surface area contributed by atoms with Crippen LogP contribution in [0.25, 0.3) is 0 Å². The predicted molar refractivity (Wildman–Crippen MR) is 61.5 cm³/mol. The summed E-state index contributed by atoms with van der Waals surface area (Å²) in [5.74, 6) is -0.441. The highest BCUT2D eigenvalue weighted by atomic mass is 32.1. The molecular formula is C10H13N3O2S. The molecular weight excluding hydrogens is 226 g/mol. The summed E-state index contributed by atoms with van der Waals surface area (Å²) in [6.45, 7) is 1.93. The number of rotatable bonds is 4. The zero-order valence-corrected chi connectivity index (χ0v) is 10.2. The quantitative estimate of drug-likeness (QED) is 0.748. The first-order chi connectivity index (χ1) is 7.60. The van der Waals surface area contributed by atoms with Crippen LogP contribution in [0.15, 0.2) is 5.38 Å². The number of ether oxygens (including phenoxy) is 1. The molecule has 0 aromatic carbocycles. The average molecular weight is 239 g/mol. The number of hydrogen-bond acceptors (Lipinski definition) is 6. The number of carbonyl (C=O) groups is 1. The van der Waals surface area contributed by atoms with Gasteiger partial charge in [0.1, 0.15) is 0 Å². The van der Waals surface area contributed by atoms with E-state index in [1.54, 1.807) is 5.38 Å². The van der Waals surface area contributed by atoms with Crippen LogP contribution in [0.3, 0.4) is 0 Å². The number of nitrogens with zero attached hydrogens (tertiary/aromatic N) is 3. The monoisotopic (exact) mass is 239 g/mol. The van der Waals surface area contributed by atoms with Gasteiger partial charge in [0.05, 0.1) is 19.6 Å². The smallest absolute Gasteiger partial charge is 0.357 e. The molecule has 0 radical (unpaired) electrons. The number of carbonyl (C=O) groups excluding carboxylic acids is 1. The summed E-state index contributed by atoms with van der Waals surface area (Å²) < 4.78 is 4.57. The third-order valence-corrected chi connectivity index (χ3v) is 3.17. The first-order valence-electron chi connectivity index (χ1n) is 4.73. The molecule has 0 saturated carbocycles. The lowest BCUT2D eigenvalue weighted by Crippen LogP contribution is -2.28. The van der Waals surface area contributed by atoms with E-state index in [1.165, 1.54) is 18.4 Å². The van der Waals surface area contributed by atoms with E-state index in [0.717, 1.165) is 0 Å². The standard InChI is InChI=1S/C10H13N3O2S/c1-7(4-5-11)13(2)10-12-8(6-16-10)9(14)15-3/h6-7H,4H2,1-3H3. The second kappa shape index (κ2) is 5.47. The van der Waals surface area contributed by atoms with E-state index in [-0.39, 0.29) is 6.04 Å². The number of esters is 1. The van der Waals surface area contributed by atoms with Crippen molar-refractivity contribution in [2.45, 2.75) is 19.4 Å². The van der Waals surface area contributed by atoms with Gasteiger partial charge in [0, 0.05) is 18.5 Å². The Morgan fingerprint density at radius 3 is 3.06 bits per heavy atom. The van der Waals surface area contributed by atoms with Crippen LogP contribution in [0.1, 0.15) is 23.8 Å². The van der Waals surface area contributed by atoms with Gasteiger partial charge >= 0.3 is 5.97 Å². The third kappa shape index (κ3) is 2.70. The minimum Gasteiger partial charge on any atom is -0.464 e. The van der Waals surface area contributed by atoms with Gasteiger partial charge in [-0.2, -0.15) is 5.26 Å². The van der Waals surface area contributed by atoms with E-state index < -0.39 is 5.97 Å². The Morgan fingerprint density at radius 1 is 1.81 bits per heavy atom. The summed E-state index contributed by atoms with van der Waals surface area (Å²) in [6.07, 6.45) is 0.420. The Kier molecular flexibility index (Phi) is 4.26. The molecule has 0 amide bonds. The predicted octanol–water partition coefficient (Wildman–Crippen LogP) is 1.67. The molecule has 0 aliphatic heterocycles. The van der Waals surface area contributed by atoms with E-state index in [2.05, 4.69) is 15.8 Å². The maximum absolute atomic E-state index is 11.2. The van der Waals surface area contributed by atoms with Crippen molar-refractivity contribution in [2.24, 2.45) is 0 Å². The van der Waals surface area contributed by atoms with Crippen LogP contribution in [0, 0.1) is 11.3 Å². The summed E-state index contributed by atoms with van der Waals surface area (Å²) in [4.78, 5) is 17.2. The SMILES string of the molecule is COC(=O)c1csc(N(C)C(C)CC#N)n1. The van der Waals surface area contributed by atoms with Crippen LogP contribution in [0.4, 0.5) is 5.13 Å². The van der Waals surface area contributed by atoms with Crippen LogP contribution in [-0.2, 0) is 4.74 Å². The normalized spacial score (nSPS) is 11.6. The summed E-state index contributed by atoms with van der Waals surface area (Å²) in [5.41, 5.74) is 0.304. The molecule has 0 aliphatic carbocycles. The number of nitriles is 1. The summed E-state index contributed by atoms with van der Waals surface area (Å²) in [5, 5.41) is 11.0. The number of thiazole rings is 1. The highest BCUT2D eigenvalue weighted by molar-refractivity contribution is 7.13. The molecule has 1 aromatic rings. The minimum atomic E-state index is -0.441. The van der Waals surface area contributed by atoms with Crippen molar-refractivity contribution in [1.82, 2.24) is 4.98 Å². The zero-order valence-electron chi connectivity index (χ0n) is 9.43. The molecule has 0 fully saturated rings. The van der Waals surface area contributed by atoms with Gasteiger partial charge in [0.2, 0.25) is 0 Å². The van der Waals surface area contributed by atoms with Crippen LogP contribution in [-0.4, -0.2) is 31.2 Å². The maximum Gasteiger partial charge on any atom is 0.357 e. The molecule has 1 atom stereocenters. The Hall–Kier alpha value is -1.61. The third-order valence-electron chi connectivity index (χ3n) is 2.24. The average Bonchev–Trinajstić information content (AvgIpc) is 2.76.